The van der Waals surface area contributed by atoms with Crippen LogP contribution in [-0.4, -0.2) is 142 Å². The van der Waals surface area contributed by atoms with Crippen LogP contribution < -0.4 is 54.0 Å². The molecule has 70 heavy (non-hydrogen) atoms. The van der Waals surface area contributed by atoms with Crippen LogP contribution in [0, 0.1) is 0 Å². The molecular weight excluding hydrogens is 932 g/mol. The maximum atomic E-state index is 14.5. The third-order valence-corrected chi connectivity index (χ3v) is 12.7. The van der Waals surface area contributed by atoms with Gasteiger partial charge in [-0.15, -0.1) is 11.6 Å². The Kier molecular flexibility index (Phi) is 23.0. The van der Waals surface area contributed by atoms with Gasteiger partial charge >= 0.3 is 18.0 Å². The van der Waals surface area contributed by atoms with E-state index in [2.05, 4.69) is 47.5 Å². The molecule has 386 valence electrons. The highest BCUT2D eigenvalue weighted by Gasteiger charge is 2.38. The van der Waals surface area contributed by atoms with Gasteiger partial charge in [0, 0.05) is 62.0 Å². The lowest BCUT2D eigenvalue weighted by Crippen LogP contribution is -2.61. The van der Waals surface area contributed by atoms with E-state index in [1.165, 1.54) is 4.90 Å². The number of fused-ring (bicyclic) bond motifs is 1. The molecule has 14 N–H and O–H groups in total. The highest BCUT2D eigenvalue weighted by atomic mass is 35.5. The third kappa shape index (κ3) is 18.3. The largest absolute Gasteiger partial charge is 0.481 e. The fourth-order valence-electron chi connectivity index (χ4n) is 8.62. The van der Waals surface area contributed by atoms with Gasteiger partial charge < -0.3 is 69.0 Å². The summed E-state index contributed by atoms with van der Waals surface area (Å²) in [6.45, 7) is 2.42. The van der Waals surface area contributed by atoms with Gasteiger partial charge in [-0.25, -0.2) is 9.59 Å². The number of carbonyl (C=O) groups excluding carboxylic acids is 9. The van der Waals surface area contributed by atoms with E-state index in [-0.39, 0.29) is 75.6 Å². The molecule has 2 aromatic rings. The molecule has 3 heterocycles. The monoisotopic (exact) mass is 1000 g/mol. The van der Waals surface area contributed by atoms with Gasteiger partial charge in [0.1, 0.15) is 36.1 Å². The van der Waals surface area contributed by atoms with Crippen molar-refractivity contribution in [2.24, 2.45) is 11.5 Å². The molecule has 2 fully saturated rings. The minimum absolute atomic E-state index is 0.0386. The summed E-state index contributed by atoms with van der Waals surface area (Å²) in [5.41, 5.74) is 12.4. The summed E-state index contributed by atoms with van der Waals surface area (Å²) in [6.07, 6.45) is 6.76. The van der Waals surface area contributed by atoms with Gasteiger partial charge in [0.15, 0.2) is 0 Å². The quantitative estimate of drug-likeness (QED) is 0.0375. The Morgan fingerprint density at radius 2 is 1.49 bits per heavy atom. The Labute approximate surface area is 411 Å². The lowest BCUT2D eigenvalue weighted by Gasteiger charge is -2.37. The molecule has 0 bridgehead atoms. The fourth-order valence-corrected chi connectivity index (χ4v) is 8.70. The fraction of sp³-hybridized carbons (Fsp3) is 0.609. The van der Waals surface area contributed by atoms with E-state index in [1.54, 1.807) is 12.3 Å². The summed E-state index contributed by atoms with van der Waals surface area (Å²) in [4.78, 5) is 133. The number of carboxylic acid groups (broad SMARTS) is 1. The van der Waals surface area contributed by atoms with Gasteiger partial charge in [0.05, 0.1) is 6.04 Å². The van der Waals surface area contributed by atoms with E-state index in [4.69, 9.17) is 23.1 Å². The van der Waals surface area contributed by atoms with Crippen LogP contribution in [-0.2, 0) is 44.8 Å². The highest BCUT2D eigenvalue weighted by molar-refractivity contribution is 6.27. The average Bonchev–Trinajstić information content (AvgIpc) is 3.89. The average molecular weight is 1000 g/mol. The number of para-hydroxylation sites is 1. The minimum atomic E-state index is -1.34. The molecule has 1 aromatic carbocycles. The van der Waals surface area contributed by atoms with Crippen molar-refractivity contribution in [3.8, 4) is 0 Å². The van der Waals surface area contributed by atoms with Gasteiger partial charge in [0.25, 0.3) is 0 Å². The molecule has 23 nitrogen and oxygen atoms in total. The number of hydrogen-bond donors (Lipinski definition) is 12. The number of aromatic amines is 1. The van der Waals surface area contributed by atoms with E-state index in [1.807, 2.05) is 25.1 Å². The number of halogens is 1. The second-order valence-electron chi connectivity index (χ2n) is 17.8. The summed E-state index contributed by atoms with van der Waals surface area (Å²) in [5, 5.41) is 31.7. The number of hydrogen-bond acceptors (Lipinski definition) is 10. The van der Waals surface area contributed by atoms with E-state index in [0.717, 1.165) is 30.2 Å². The number of primary amides is 2. The number of alkyl halides is 1. The van der Waals surface area contributed by atoms with Crippen LogP contribution in [0.4, 0.5) is 9.59 Å². The first-order valence-electron chi connectivity index (χ1n) is 24.0. The molecule has 0 spiro atoms. The molecule has 2 saturated heterocycles. The molecule has 11 amide bonds. The lowest BCUT2D eigenvalue weighted by molar-refractivity contribution is -0.146. The van der Waals surface area contributed by atoms with Gasteiger partial charge in [-0.05, 0) is 89.2 Å². The van der Waals surface area contributed by atoms with Crippen LogP contribution in [0.5, 0.6) is 0 Å². The first-order chi connectivity index (χ1) is 33.5. The first kappa shape index (κ1) is 55.9. The number of carbonyl (C=O) groups is 10. The Morgan fingerprint density at radius 1 is 0.771 bits per heavy atom. The summed E-state index contributed by atoms with van der Waals surface area (Å²) < 4.78 is 0. The van der Waals surface area contributed by atoms with Crippen LogP contribution in [0.25, 0.3) is 10.9 Å². The van der Waals surface area contributed by atoms with Crippen LogP contribution in [0.2, 0.25) is 0 Å². The molecule has 2 aliphatic heterocycles. The number of piperidine rings is 1. The molecule has 7 atom stereocenters. The number of benzene rings is 1. The molecule has 4 rings (SSSR count). The standard InChI is InChI=1S/C46H69ClN12O11/c1-27-30(58-46(70)53-27)13-3-2-4-18-37(60)50-21-9-7-15-32(40(48)64)55-41(65)33(16-11-22-51-45(49)69)56-42(66)35(24-28-26-52-31-14-6-5-12-29(28)31)57-43(67)36-17-8-10-23-59(36)44(68)34(19-20-39(62)63)54-38(61)25-47/h5-6,12,14,26-27,30,32-36,52H,2-4,7-11,13,15-25H2,1H3,(H2,48,64)(H,50,60)(H,54,61)(H,55,65)(H,56,66)(H,57,67)(H,62,63)(H3,49,51,69)(H2,53,58,70)/t27-,30+,32+,33+,34+,35+,36+/m1/s1. The van der Waals surface area contributed by atoms with E-state index >= 15 is 0 Å². The van der Waals surface area contributed by atoms with E-state index in [9.17, 15) is 53.1 Å². The van der Waals surface area contributed by atoms with Crippen LogP contribution >= 0.6 is 11.6 Å². The van der Waals surface area contributed by atoms with Crippen molar-refractivity contribution in [3.63, 3.8) is 0 Å². The third-order valence-electron chi connectivity index (χ3n) is 12.4. The second kappa shape index (κ2) is 28.7. The van der Waals surface area contributed by atoms with Crippen molar-refractivity contribution in [2.45, 2.75) is 152 Å². The predicted octanol–water partition coefficient (Wildman–Crippen LogP) is 0.375. The Balaban J connectivity index is 1.43. The maximum absolute atomic E-state index is 14.5. The summed E-state index contributed by atoms with van der Waals surface area (Å²) in [5.74, 6) is -6.27. The first-order valence-corrected chi connectivity index (χ1v) is 24.5. The Bertz CT molecular complexity index is 2160. The molecule has 2 aliphatic rings. The number of aliphatic carboxylic acids is 1. The molecule has 0 saturated carbocycles. The predicted molar refractivity (Wildman–Crippen MR) is 258 cm³/mol. The molecule has 1 aromatic heterocycles. The van der Waals surface area contributed by atoms with Crippen molar-refractivity contribution < 1.29 is 53.1 Å². The number of nitrogens with zero attached hydrogens (tertiary/aromatic N) is 1. The number of unbranched alkanes of at least 4 members (excludes halogenated alkanes) is 3. The summed E-state index contributed by atoms with van der Waals surface area (Å²) in [6, 6.07) is 0.226. The number of urea groups is 2. The summed E-state index contributed by atoms with van der Waals surface area (Å²) >= 11 is 5.68. The van der Waals surface area contributed by atoms with Crippen molar-refractivity contribution in [1.29, 1.82) is 0 Å². The van der Waals surface area contributed by atoms with Crippen LogP contribution in [0.1, 0.15) is 109 Å². The van der Waals surface area contributed by atoms with Gasteiger partial charge in [-0.1, -0.05) is 31.0 Å². The van der Waals surface area contributed by atoms with Gasteiger partial charge in [-0.2, -0.15) is 0 Å². The smallest absolute Gasteiger partial charge is 0.315 e. The van der Waals surface area contributed by atoms with Crippen LogP contribution in [0.3, 0.4) is 0 Å². The molecule has 0 unspecified atom stereocenters. The Hall–Kier alpha value is -6.65. The Morgan fingerprint density at radius 3 is 2.19 bits per heavy atom. The number of nitrogens with two attached hydrogens (primary N) is 2. The van der Waals surface area contributed by atoms with Crippen molar-refractivity contribution in [1.82, 2.24) is 52.4 Å². The van der Waals surface area contributed by atoms with E-state index < -0.39 is 90.0 Å². The van der Waals surface area contributed by atoms with Crippen molar-refractivity contribution in [3.05, 3.63) is 36.0 Å². The SMILES string of the molecule is C[C@H]1NC(=O)N[C@H]1CCCCCC(=O)NCCCC[C@H](NC(=O)[C@H](CCCNC(N)=O)NC(=O)[C@H](Cc1c[nH]c2ccccc12)NC(=O)[C@@H]1CCCCN1C(=O)[C@H](CCC(=O)O)NC(=O)CCl)C(N)=O. The van der Waals surface area contributed by atoms with Gasteiger partial charge in [0.2, 0.25) is 41.4 Å². The second-order valence-corrected chi connectivity index (χ2v) is 18.0. The molecular formula is C46H69ClN12O11. The number of likely N-dealkylation sites (tertiary alicyclic amines) is 1. The number of aromatic nitrogens is 1. The zero-order chi connectivity index (χ0) is 51.2. The van der Waals surface area contributed by atoms with E-state index in [0.29, 0.717) is 50.6 Å². The zero-order valence-electron chi connectivity index (χ0n) is 39.6. The molecule has 24 heteroatoms. The topological polar surface area (TPSA) is 358 Å². The number of rotatable bonds is 30. The van der Waals surface area contributed by atoms with Crippen molar-refractivity contribution >= 4 is 81.9 Å². The minimum Gasteiger partial charge on any atom is -0.481 e. The van der Waals surface area contributed by atoms with Crippen LogP contribution in [0.15, 0.2) is 30.5 Å². The highest BCUT2D eigenvalue weighted by Crippen LogP contribution is 2.22. The number of nitrogens with one attached hydrogen (secondary N) is 9. The van der Waals surface area contributed by atoms with Gasteiger partial charge in [-0.3, -0.25) is 38.4 Å². The summed E-state index contributed by atoms with van der Waals surface area (Å²) in [7, 11) is 0. The lowest BCUT2D eigenvalue weighted by atomic mass is 9.97. The maximum Gasteiger partial charge on any atom is 0.315 e. The molecule has 0 aliphatic carbocycles. The number of amides is 11. The zero-order valence-corrected chi connectivity index (χ0v) is 40.3. The normalized spacial score (nSPS) is 18.2. The number of H-pyrrole nitrogens is 1. The molecule has 0 radical (unpaired) electrons. The number of carboxylic acids is 1. The van der Waals surface area contributed by atoms with Crippen molar-refractivity contribution in [2.75, 3.05) is 25.5 Å².